The Morgan fingerprint density at radius 2 is 2.00 bits per heavy atom. The summed E-state index contributed by atoms with van der Waals surface area (Å²) in [5, 5.41) is 0. The molecule has 62 valence electrons. The predicted molar refractivity (Wildman–Crippen MR) is 35.6 cm³/mol. The molecule has 1 fully saturated rings. The van der Waals surface area contributed by atoms with E-state index in [1.54, 1.807) is 0 Å². The van der Waals surface area contributed by atoms with E-state index in [0.717, 1.165) is 0 Å². The second-order valence-electron chi connectivity index (χ2n) is 2.10. The number of halogens is 3. The Morgan fingerprint density at radius 1 is 1.40 bits per heavy atom. The average molecular weight is 174 g/mol. The first-order valence-electron chi connectivity index (χ1n) is 2.87. The fourth-order valence-electron chi connectivity index (χ4n) is 0.761. The van der Waals surface area contributed by atoms with Crippen LogP contribution in [0.2, 0.25) is 0 Å². The Balaban J connectivity index is 0.000000810. The van der Waals surface area contributed by atoms with E-state index in [0.29, 0.717) is 0 Å². The number of rotatable bonds is 0. The second-order valence-corrected chi connectivity index (χ2v) is 2.10. The lowest BCUT2D eigenvalue weighted by Gasteiger charge is -2.25. The minimum absolute atomic E-state index is 0. The first kappa shape index (κ1) is 10.1. The van der Waals surface area contributed by atoms with Crippen LogP contribution in [-0.4, -0.2) is 25.2 Å². The highest BCUT2D eigenvalue weighted by atomic mass is 35.5. The van der Waals surface area contributed by atoms with Crippen LogP contribution < -0.4 is 5.73 Å². The number of hydrogen-bond acceptors (Lipinski definition) is 2. The van der Waals surface area contributed by atoms with Crippen LogP contribution in [0.25, 0.3) is 0 Å². The van der Waals surface area contributed by atoms with Crippen LogP contribution in [0.15, 0.2) is 0 Å². The van der Waals surface area contributed by atoms with E-state index < -0.39 is 18.6 Å². The number of ether oxygens (including phenoxy) is 1. The molecule has 0 aliphatic carbocycles. The van der Waals surface area contributed by atoms with Gasteiger partial charge < -0.3 is 10.5 Å². The molecule has 0 amide bonds. The Labute approximate surface area is 64.1 Å². The monoisotopic (exact) mass is 173 g/mol. The number of alkyl halides is 2. The van der Waals surface area contributed by atoms with Gasteiger partial charge in [-0.05, 0) is 0 Å². The molecule has 0 aromatic heterocycles. The highest BCUT2D eigenvalue weighted by Crippen LogP contribution is 2.16. The zero-order chi connectivity index (χ0) is 6.85. The molecule has 3 unspecified atom stereocenters. The van der Waals surface area contributed by atoms with Crippen molar-refractivity contribution in [3.63, 3.8) is 0 Å². The molecule has 1 heterocycles. The third-order valence-electron chi connectivity index (χ3n) is 1.39. The van der Waals surface area contributed by atoms with Gasteiger partial charge in [0.05, 0.1) is 12.6 Å². The molecule has 0 aromatic rings. The standard InChI is InChI=1S/C5H9F2NO.ClH/c6-3-1-2-9-5(7)4(3)8;/h3-5H,1-2,8H2;1H. The summed E-state index contributed by atoms with van der Waals surface area (Å²) in [7, 11) is 0. The van der Waals surface area contributed by atoms with E-state index in [1.807, 2.05) is 0 Å². The van der Waals surface area contributed by atoms with Crippen LogP contribution in [0.4, 0.5) is 8.78 Å². The third kappa shape index (κ3) is 2.04. The number of nitrogens with two attached hydrogens (primary N) is 1. The van der Waals surface area contributed by atoms with Crippen LogP contribution in [0.5, 0.6) is 0 Å². The molecular formula is C5H10ClF2NO. The molecule has 0 spiro atoms. The third-order valence-corrected chi connectivity index (χ3v) is 1.39. The fraction of sp³-hybridized carbons (Fsp3) is 1.00. The van der Waals surface area contributed by atoms with E-state index in [4.69, 9.17) is 5.73 Å². The van der Waals surface area contributed by atoms with E-state index >= 15 is 0 Å². The largest absolute Gasteiger partial charge is 0.347 e. The minimum Gasteiger partial charge on any atom is -0.347 e. The van der Waals surface area contributed by atoms with Crippen molar-refractivity contribution in [1.29, 1.82) is 0 Å². The van der Waals surface area contributed by atoms with E-state index in [-0.39, 0.29) is 25.4 Å². The van der Waals surface area contributed by atoms with Gasteiger partial charge in [0, 0.05) is 6.42 Å². The molecule has 10 heavy (non-hydrogen) atoms. The van der Waals surface area contributed by atoms with Crippen LogP contribution in [0.3, 0.4) is 0 Å². The molecule has 2 nitrogen and oxygen atoms in total. The van der Waals surface area contributed by atoms with Crippen LogP contribution >= 0.6 is 12.4 Å². The molecule has 1 aliphatic rings. The molecule has 2 N–H and O–H groups in total. The molecule has 0 radical (unpaired) electrons. The highest BCUT2D eigenvalue weighted by Gasteiger charge is 2.30. The van der Waals surface area contributed by atoms with Gasteiger partial charge in [-0.2, -0.15) is 0 Å². The summed E-state index contributed by atoms with van der Waals surface area (Å²) in [6.07, 6.45) is -2.65. The summed E-state index contributed by atoms with van der Waals surface area (Å²) in [6, 6.07) is -1.08. The van der Waals surface area contributed by atoms with Gasteiger partial charge in [-0.25, -0.2) is 8.78 Å². The lowest BCUT2D eigenvalue weighted by molar-refractivity contribution is -0.105. The van der Waals surface area contributed by atoms with Crippen molar-refractivity contribution < 1.29 is 13.5 Å². The van der Waals surface area contributed by atoms with Crippen molar-refractivity contribution in [1.82, 2.24) is 0 Å². The van der Waals surface area contributed by atoms with Gasteiger partial charge in [0.15, 0.2) is 0 Å². The predicted octanol–water partition coefficient (Wildman–Crippen LogP) is 0.789. The fourth-order valence-corrected chi connectivity index (χ4v) is 0.761. The second kappa shape index (κ2) is 4.05. The smallest absolute Gasteiger partial charge is 0.216 e. The maximum Gasteiger partial charge on any atom is 0.216 e. The molecule has 0 aromatic carbocycles. The lowest BCUT2D eigenvalue weighted by atomic mass is 10.1. The van der Waals surface area contributed by atoms with Gasteiger partial charge in [0.25, 0.3) is 0 Å². The summed E-state index contributed by atoms with van der Waals surface area (Å²) in [5.74, 6) is 0. The molecule has 0 saturated carbocycles. The molecule has 3 atom stereocenters. The summed E-state index contributed by atoms with van der Waals surface area (Å²) in [4.78, 5) is 0. The SMILES string of the molecule is Cl.NC1C(F)CCOC1F. The lowest BCUT2D eigenvalue weighted by Crippen LogP contribution is -2.46. The highest BCUT2D eigenvalue weighted by molar-refractivity contribution is 5.85. The minimum atomic E-state index is -1.62. The topological polar surface area (TPSA) is 35.2 Å². The van der Waals surface area contributed by atoms with Crippen molar-refractivity contribution in [3.05, 3.63) is 0 Å². The molecule has 0 bridgehead atoms. The first-order chi connectivity index (χ1) is 4.22. The van der Waals surface area contributed by atoms with Gasteiger partial charge in [-0.1, -0.05) is 0 Å². The summed E-state index contributed by atoms with van der Waals surface area (Å²) < 4.78 is 29.1. The van der Waals surface area contributed by atoms with Crippen molar-refractivity contribution >= 4 is 12.4 Å². The Hall–Kier alpha value is 0.0700. The van der Waals surface area contributed by atoms with Crippen molar-refractivity contribution in [2.24, 2.45) is 5.73 Å². The van der Waals surface area contributed by atoms with Crippen LogP contribution in [-0.2, 0) is 4.74 Å². The zero-order valence-corrected chi connectivity index (χ0v) is 6.11. The average Bonchev–Trinajstić information content (AvgIpc) is 1.83. The number of hydrogen-bond donors (Lipinski definition) is 1. The van der Waals surface area contributed by atoms with E-state index in [1.165, 1.54) is 0 Å². The first-order valence-corrected chi connectivity index (χ1v) is 2.87. The molecule has 1 saturated heterocycles. The van der Waals surface area contributed by atoms with Crippen molar-refractivity contribution in [2.45, 2.75) is 25.0 Å². The molecule has 1 aliphatic heterocycles. The van der Waals surface area contributed by atoms with Gasteiger partial charge in [-0.15, -0.1) is 12.4 Å². The van der Waals surface area contributed by atoms with E-state index in [2.05, 4.69) is 4.74 Å². The summed E-state index contributed by atoms with van der Waals surface area (Å²) in [6.45, 7) is 0.135. The maximum atomic E-state index is 12.4. The van der Waals surface area contributed by atoms with Crippen LogP contribution in [0.1, 0.15) is 6.42 Å². The van der Waals surface area contributed by atoms with Crippen molar-refractivity contribution in [2.75, 3.05) is 6.61 Å². The maximum absolute atomic E-state index is 12.4. The van der Waals surface area contributed by atoms with E-state index in [9.17, 15) is 8.78 Å². The van der Waals surface area contributed by atoms with Gasteiger partial charge in [-0.3, -0.25) is 0 Å². The summed E-state index contributed by atoms with van der Waals surface area (Å²) in [5.41, 5.74) is 5.05. The van der Waals surface area contributed by atoms with Crippen LogP contribution in [0, 0.1) is 0 Å². The quantitative estimate of drug-likeness (QED) is 0.588. The molecule has 1 rings (SSSR count). The molecular weight excluding hydrogens is 164 g/mol. The van der Waals surface area contributed by atoms with Gasteiger partial charge in [0.1, 0.15) is 6.17 Å². The van der Waals surface area contributed by atoms with Gasteiger partial charge in [0.2, 0.25) is 6.36 Å². The Kier molecular flexibility index (Phi) is 4.08. The van der Waals surface area contributed by atoms with Gasteiger partial charge >= 0.3 is 0 Å². The summed E-state index contributed by atoms with van der Waals surface area (Å²) >= 11 is 0. The Morgan fingerprint density at radius 3 is 2.40 bits per heavy atom. The zero-order valence-electron chi connectivity index (χ0n) is 5.30. The Bertz CT molecular complexity index is 95.6. The van der Waals surface area contributed by atoms with Crippen molar-refractivity contribution in [3.8, 4) is 0 Å². The molecule has 5 heteroatoms. The normalized spacial score (nSPS) is 40.5.